The second-order valence-corrected chi connectivity index (χ2v) is 9.01. The molecule has 26 heavy (non-hydrogen) atoms. The molecular formula is C18H23N5O2S. The van der Waals surface area contributed by atoms with Crippen LogP contribution in [-0.2, 0) is 4.79 Å². The lowest BCUT2D eigenvalue weighted by Gasteiger charge is -2.41. The zero-order valence-electron chi connectivity index (χ0n) is 14.7. The standard InChI is InChI=1S/C18H23N5O2S/c1-16(21-9-10-26-16)15(25)23-18-4-2-3-17(12-18,5-6-18)22-14(24)13-11-19-7-8-20-13/h7-11,21H,2-6,12H2,1H3,(H,22,24)(H,23,25). The van der Waals surface area contributed by atoms with Gasteiger partial charge in [0.25, 0.3) is 11.8 Å². The van der Waals surface area contributed by atoms with E-state index in [9.17, 15) is 9.59 Å². The predicted molar refractivity (Wildman–Crippen MR) is 99.1 cm³/mol. The molecule has 1 aromatic heterocycles. The largest absolute Gasteiger partial charge is 0.369 e. The van der Waals surface area contributed by atoms with E-state index in [0.29, 0.717) is 5.69 Å². The molecule has 0 spiro atoms. The SMILES string of the molecule is CC1(C(=O)NC23CCCC(NC(=O)c4cnccn4)(CC2)C3)NC=CS1. The van der Waals surface area contributed by atoms with Crippen molar-refractivity contribution in [1.29, 1.82) is 0 Å². The van der Waals surface area contributed by atoms with Crippen molar-refractivity contribution in [3.63, 3.8) is 0 Å². The van der Waals surface area contributed by atoms with Crippen LogP contribution in [-0.4, -0.2) is 37.7 Å². The molecule has 2 bridgehead atoms. The van der Waals surface area contributed by atoms with Gasteiger partial charge in [0.15, 0.2) is 4.87 Å². The molecule has 2 saturated carbocycles. The van der Waals surface area contributed by atoms with E-state index in [4.69, 9.17) is 0 Å². The molecule has 0 saturated heterocycles. The van der Waals surface area contributed by atoms with Gasteiger partial charge in [-0.25, -0.2) is 4.98 Å². The number of hydrogen-bond donors (Lipinski definition) is 3. The van der Waals surface area contributed by atoms with Crippen molar-refractivity contribution in [2.45, 2.75) is 61.4 Å². The number of fused-ring (bicyclic) bond motifs is 2. The Morgan fingerprint density at radius 3 is 2.58 bits per heavy atom. The van der Waals surface area contributed by atoms with Crippen LogP contribution < -0.4 is 16.0 Å². The summed E-state index contributed by atoms with van der Waals surface area (Å²) in [4.78, 5) is 32.8. The van der Waals surface area contributed by atoms with Gasteiger partial charge in [0.1, 0.15) is 5.69 Å². The lowest BCUT2D eigenvalue weighted by molar-refractivity contribution is -0.125. The van der Waals surface area contributed by atoms with Gasteiger partial charge < -0.3 is 16.0 Å². The number of thioether (sulfide) groups is 1. The first kappa shape index (κ1) is 17.3. The van der Waals surface area contributed by atoms with Crippen LogP contribution in [0.1, 0.15) is 55.9 Å². The summed E-state index contributed by atoms with van der Waals surface area (Å²) in [5, 5.41) is 11.5. The number of rotatable bonds is 4. The Labute approximate surface area is 156 Å². The second kappa shape index (κ2) is 6.26. The summed E-state index contributed by atoms with van der Waals surface area (Å²) in [5.41, 5.74) is -0.173. The van der Waals surface area contributed by atoms with Crippen molar-refractivity contribution in [3.05, 3.63) is 35.9 Å². The molecule has 3 unspecified atom stereocenters. The maximum atomic E-state index is 12.8. The molecular weight excluding hydrogens is 350 g/mol. The predicted octanol–water partition coefficient (Wildman–Crippen LogP) is 1.69. The van der Waals surface area contributed by atoms with Crippen LogP contribution >= 0.6 is 11.8 Å². The van der Waals surface area contributed by atoms with E-state index in [-0.39, 0.29) is 22.9 Å². The number of carbonyl (C=O) groups excluding carboxylic acids is 2. The number of aromatic nitrogens is 2. The van der Waals surface area contributed by atoms with Gasteiger partial charge in [-0.2, -0.15) is 0 Å². The Morgan fingerprint density at radius 1 is 1.15 bits per heavy atom. The normalized spacial score (nSPS) is 35.0. The smallest absolute Gasteiger partial charge is 0.271 e. The molecule has 2 heterocycles. The van der Waals surface area contributed by atoms with Gasteiger partial charge in [-0.05, 0) is 50.9 Å². The van der Waals surface area contributed by atoms with Gasteiger partial charge in [0, 0.05) is 29.7 Å². The highest BCUT2D eigenvalue weighted by molar-refractivity contribution is 8.04. The number of hydrogen-bond acceptors (Lipinski definition) is 6. The molecule has 3 atom stereocenters. The zero-order valence-corrected chi connectivity index (χ0v) is 15.6. The van der Waals surface area contributed by atoms with Crippen molar-refractivity contribution in [2.75, 3.05) is 0 Å². The lowest BCUT2D eigenvalue weighted by atomic mass is 9.78. The van der Waals surface area contributed by atoms with Crippen molar-refractivity contribution < 1.29 is 9.59 Å². The van der Waals surface area contributed by atoms with E-state index < -0.39 is 4.87 Å². The quantitative estimate of drug-likeness (QED) is 0.743. The minimum atomic E-state index is -0.652. The molecule has 2 aliphatic carbocycles. The number of amides is 2. The Morgan fingerprint density at radius 2 is 1.92 bits per heavy atom. The lowest BCUT2D eigenvalue weighted by Crippen LogP contribution is -2.59. The monoisotopic (exact) mass is 373 g/mol. The summed E-state index contributed by atoms with van der Waals surface area (Å²) in [6, 6.07) is 0. The molecule has 3 aliphatic rings. The molecule has 7 nitrogen and oxygen atoms in total. The van der Waals surface area contributed by atoms with Crippen LogP contribution in [0.25, 0.3) is 0 Å². The highest BCUT2D eigenvalue weighted by Crippen LogP contribution is 2.48. The zero-order chi connectivity index (χ0) is 18.3. The van der Waals surface area contributed by atoms with Crippen molar-refractivity contribution in [1.82, 2.24) is 25.9 Å². The summed E-state index contributed by atoms with van der Waals surface area (Å²) < 4.78 is 0. The fourth-order valence-electron chi connectivity index (χ4n) is 4.43. The molecule has 8 heteroatoms. The highest BCUT2D eigenvalue weighted by atomic mass is 32.2. The number of carbonyl (C=O) groups is 2. The highest BCUT2D eigenvalue weighted by Gasteiger charge is 2.53. The van der Waals surface area contributed by atoms with Crippen LogP contribution in [0.3, 0.4) is 0 Å². The van der Waals surface area contributed by atoms with E-state index in [1.165, 1.54) is 24.2 Å². The van der Waals surface area contributed by atoms with E-state index in [2.05, 4.69) is 25.9 Å². The average Bonchev–Trinajstić information content (AvgIpc) is 3.18. The van der Waals surface area contributed by atoms with Crippen molar-refractivity contribution >= 4 is 23.6 Å². The first-order chi connectivity index (χ1) is 12.4. The van der Waals surface area contributed by atoms with Gasteiger partial charge in [0.2, 0.25) is 0 Å². The summed E-state index contributed by atoms with van der Waals surface area (Å²) in [6.45, 7) is 1.89. The first-order valence-corrected chi connectivity index (χ1v) is 9.84. The van der Waals surface area contributed by atoms with Crippen LogP contribution in [0.4, 0.5) is 0 Å². The Bertz CT molecular complexity index is 747. The molecule has 1 aromatic rings. The Balaban J connectivity index is 1.46. The van der Waals surface area contributed by atoms with E-state index in [1.54, 1.807) is 6.20 Å². The van der Waals surface area contributed by atoms with Gasteiger partial charge in [0.05, 0.1) is 6.20 Å². The summed E-state index contributed by atoms with van der Waals surface area (Å²) in [5.74, 6) is -0.184. The van der Waals surface area contributed by atoms with Crippen LogP contribution in [0, 0.1) is 0 Å². The molecule has 0 radical (unpaired) electrons. The number of nitrogens with zero attached hydrogens (tertiary/aromatic N) is 2. The molecule has 3 N–H and O–H groups in total. The van der Waals surface area contributed by atoms with Crippen LogP contribution in [0.2, 0.25) is 0 Å². The third-order valence-electron chi connectivity index (χ3n) is 5.79. The maximum absolute atomic E-state index is 12.8. The molecule has 4 rings (SSSR count). The van der Waals surface area contributed by atoms with Gasteiger partial charge in [-0.3, -0.25) is 14.6 Å². The summed E-state index contributed by atoms with van der Waals surface area (Å²) >= 11 is 1.48. The van der Waals surface area contributed by atoms with Crippen molar-refractivity contribution in [3.8, 4) is 0 Å². The Hall–Kier alpha value is -2.09. The van der Waals surface area contributed by atoms with Gasteiger partial charge >= 0.3 is 0 Å². The van der Waals surface area contributed by atoms with Crippen LogP contribution in [0.15, 0.2) is 30.2 Å². The minimum absolute atomic E-state index is 0.00505. The molecule has 1 aliphatic heterocycles. The number of nitrogens with one attached hydrogen (secondary N) is 3. The maximum Gasteiger partial charge on any atom is 0.271 e. The van der Waals surface area contributed by atoms with E-state index >= 15 is 0 Å². The first-order valence-electron chi connectivity index (χ1n) is 8.96. The molecule has 0 aromatic carbocycles. The van der Waals surface area contributed by atoms with Gasteiger partial charge in [-0.1, -0.05) is 11.8 Å². The molecule has 138 valence electrons. The van der Waals surface area contributed by atoms with Crippen molar-refractivity contribution in [2.24, 2.45) is 0 Å². The fraction of sp³-hybridized carbons (Fsp3) is 0.556. The summed E-state index contributed by atoms with van der Waals surface area (Å²) in [6.07, 6.45) is 11.8. The second-order valence-electron chi connectivity index (χ2n) is 7.69. The Kier molecular flexibility index (Phi) is 4.17. The van der Waals surface area contributed by atoms with Gasteiger partial charge in [-0.15, -0.1) is 0 Å². The molecule has 2 fully saturated rings. The third kappa shape index (κ3) is 3.06. The topological polar surface area (TPSA) is 96.0 Å². The van der Waals surface area contributed by atoms with Crippen LogP contribution in [0.5, 0.6) is 0 Å². The van der Waals surface area contributed by atoms with E-state index in [0.717, 1.165) is 38.5 Å². The third-order valence-corrected chi connectivity index (χ3v) is 6.83. The minimum Gasteiger partial charge on any atom is -0.369 e. The average molecular weight is 373 g/mol. The summed E-state index contributed by atoms with van der Waals surface area (Å²) in [7, 11) is 0. The fourth-order valence-corrected chi connectivity index (χ4v) is 5.13. The molecule has 2 amide bonds. The van der Waals surface area contributed by atoms with E-state index in [1.807, 2.05) is 18.5 Å².